The van der Waals surface area contributed by atoms with Crippen molar-refractivity contribution >= 4 is 28.3 Å². The van der Waals surface area contributed by atoms with Gasteiger partial charge in [0.1, 0.15) is 5.75 Å². The third-order valence-electron chi connectivity index (χ3n) is 5.87. The van der Waals surface area contributed by atoms with Crippen LogP contribution in [-0.4, -0.2) is 40.8 Å². The number of fused-ring (bicyclic) bond motifs is 2. The van der Waals surface area contributed by atoms with E-state index in [2.05, 4.69) is 10.4 Å². The second-order valence-corrected chi connectivity index (χ2v) is 8.23. The molecule has 0 saturated carbocycles. The van der Waals surface area contributed by atoms with Crippen LogP contribution in [0.15, 0.2) is 83.7 Å². The number of hydrogen-bond acceptors (Lipinski definition) is 5. The normalized spacial score (nSPS) is 14.8. The van der Waals surface area contributed by atoms with Gasteiger partial charge in [-0.15, -0.1) is 0 Å². The molecule has 1 aliphatic heterocycles. The van der Waals surface area contributed by atoms with Gasteiger partial charge in [-0.05, 0) is 36.8 Å². The Labute approximate surface area is 201 Å². The molecular formula is C27H24N4O4. The monoisotopic (exact) mass is 468 g/mol. The molecule has 1 unspecified atom stereocenters. The molecule has 0 bridgehead atoms. The summed E-state index contributed by atoms with van der Waals surface area (Å²) in [5, 5.41) is 8.18. The Bertz CT molecular complexity index is 1470. The Morgan fingerprint density at radius 1 is 0.971 bits per heavy atom. The number of aromatic nitrogens is 2. The first-order valence-electron chi connectivity index (χ1n) is 11.5. The van der Waals surface area contributed by atoms with Crippen LogP contribution in [0.1, 0.15) is 23.8 Å². The number of rotatable bonds is 5. The average molecular weight is 469 g/mol. The molecule has 1 N–H and O–H groups in total. The fourth-order valence-electron chi connectivity index (χ4n) is 4.14. The lowest BCUT2D eigenvalue weighted by atomic mass is 10.1. The van der Waals surface area contributed by atoms with Gasteiger partial charge in [-0.3, -0.25) is 19.3 Å². The fourth-order valence-corrected chi connectivity index (χ4v) is 4.14. The molecule has 8 nitrogen and oxygen atoms in total. The van der Waals surface area contributed by atoms with Gasteiger partial charge >= 0.3 is 0 Å². The molecule has 2 heterocycles. The van der Waals surface area contributed by atoms with Crippen LogP contribution in [-0.2, 0) is 4.79 Å². The van der Waals surface area contributed by atoms with E-state index in [4.69, 9.17) is 4.74 Å². The summed E-state index contributed by atoms with van der Waals surface area (Å²) in [4.78, 5) is 41.5. The number of carbonyl (C=O) groups excluding carboxylic acids is 2. The van der Waals surface area contributed by atoms with Gasteiger partial charge in [0.25, 0.3) is 17.4 Å². The third-order valence-corrected chi connectivity index (χ3v) is 5.87. The van der Waals surface area contributed by atoms with Crippen LogP contribution in [0, 0.1) is 0 Å². The van der Waals surface area contributed by atoms with Crippen molar-refractivity contribution in [3.63, 3.8) is 0 Å². The van der Waals surface area contributed by atoms with E-state index in [1.807, 2.05) is 13.0 Å². The molecular weight excluding hydrogens is 444 g/mol. The second-order valence-electron chi connectivity index (χ2n) is 8.23. The van der Waals surface area contributed by atoms with E-state index in [0.29, 0.717) is 34.4 Å². The van der Waals surface area contributed by atoms with Gasteiger partial charge in [0.05, 0.1) is 23.3 Å². The van der Waals surface area contributed by atoms with E-state index >= 15 is 0 Å². The first kappa shape index (κ1) is 22.3. The zero-order valence-electron chi connectivity index (χ0n) is 19.2. The van der Waals surface area contributed by atoms with Crippen molar-refractivity contribution in [3.8, 4) is 11.4 Å². The van der Waals surface area contributed by atoms with Crippen LogP contribution < -0.4 is 20.5 Å². The maximum absolute atomic E-state index is 14.0. The standard InChI is InChI=1S/C27H24N4O4/c1-2-16-28-25(32)23-17-30(21-14-8-9-15-22(21)35-23)27(34)24-19-12-6-7-13-20(19)26(33)31(29-24)18-10-4-3-5-11-18/h3-15,23H,2,16-17H2,1H3,(H,28,32). The average Bonchev–Trinajstić information content (AvgIpc) is 2.91. The molecule has 2 amide bonds. The summed E-state index contributed by atoms with van der Waals surface area (Å²) in [6.07, 6.45) is -0.0825. The van der Waals surface area contributed by atoms with Gasteiger partial charge in [0.2, 0.25) is 0 Å². The van der Waals surface area contributed by atoms with Crippen molar-refractivity contribution in [3.05, 3.63) is 94.9 Å². The number of nitrogens with zero attached hydrogens (tertiary/aromatic N) is 3. The van der Waals surface area contributed by atoms with Gasteiger partial charge in [-0.25, -0.2) is 0 Å². The number of nitrogens with one attached hydrogen (secondary N) is 1. The molecule has 0 radical (unpaired) electrons. The van der Waals surface area contributed by atoms with Crippen LogP contribution >= 0.6 is 0 Å². The van der Waals surface area contributed by atoms with Crippen LogP contribution in [0.25, 0.3) is 16.5 Å². The van der Waals surface area contributed by atoms with E-state index in [0.717, 1.165) is 6.42 Å². The van der Waals surface area contributed by atoms with E-state index in [1.54, 1.807) is 72.8 Å². The molecule has 3 aromatic carbocycles. The summed E-state index contributed by atoms with van der Waals surface area (Å²) in [6.45, 7) is 2.50. The zero-order valence-corrected chi connectivity index (χ0v) is 19.2. The lowest BCUT2D eigenvalue weighted by molar-refractivity contribution is -0.127. The summed E-state index contributed by atoms with van der Waals surface area (Å²) in [5.74, 6) is -0.273. The molecule has 176 valence electrons. The predicted octanol–water partition coefficient (Wildman–Crippen LogP) is 3.32. The number of ether oxygens (including phenoxy) is 1. The van der Waals surface area contributed by atoms with Crippen molar-refractivity contribution in [1.82, 2.24) is 15.1 Å². The number of amides is 2. The molecule has 0 fully saturated rings. The number of hydrogen-bond donors (Lipinski definition) is 1. The minimum atomic E-state index is -0.869. The first-order valence-corrected chi connectivity index (χ1v) is 11.5. The molecule has 0 saturated heterocycles. The molecule has 1 aromatic heterocycles. The highest BCUT2D eigenvalue weighted by Gasteiger charge is 2.35. The Hall–Kier alpha value is -4.46. The van der Waals surface area contributed by atoms with Gasteiger partial charge in [0.15, 0.2) is 11.8 Å². The molecule has 1 aliphatic rings. The second kappa shape index (κ2) is 9.42. The van der Waals surface area contributed by atoms with E-state index < -0.39 is 12.0 Å². The molecule has 0 spiro atoms. The van der Waals surface area contributed by atoms with Crippen molar-refractivity contribution in [2.24, 2.45) is 0 Å². The van der Waals surface area contributed by atoms with Gasteiger partial charge < -0.3 is 10.1 Å². The number of benzene rings is 3. The van der Waals surface area contributed by atoms with Crippen molar-refractivity contribution in [2.75, 3.05) is 18.0 Å². The quantitative estimate of drug-likeness (QED) is 0.485. The summed E-state index contributed by atoms with van der Waals surface area (Å²) in [5.41, 5.74) is 0.896. The van der Waals surface area contributed by atoms with E-state index in [9.17, 15) is 14.4 Å². The maximum Gasteiger partial charge on any atom is 0.279 e. The smallest absolute Gasteiger partial charge is 0.279 e. The molecule has 0 aliphatic carbocycles. The van der Waals surface area contributed by atoms with Gasteiger partial charge in [-0.2, -0.15) is 9.78 Å². The van der Waals surface area contributed by atoms with Crippen molar-refractivity contribution < 1.29 is 14.3 Å². The lowest BCUT2D eigenvalue weighted by Gasteiger charge is -2.34. The minimum Gasteiger partial charge on any atom is -0.477 e. The molecule has 8 heteroatoms. The summed E-state index contributed by atoms with van der Waals surface area (Å²) in [6, 6.07) is 23.0. The highest BCUT2D eigenvalue weighted by atomic mass is 16.5. The predicted molar refractivity (Wildman–Crippen MR) is 133 cm³/mol. The SMILES string of the molecule is CCCNC(=O)C1CN(C(=O)c2nn(-c3ccccc3)c(=O)c3ccccc23)c2ccccc2O1. The molecule has 5 rings (SSSR count). The highest BCUT2D eigenvalue weighted by molar-refractivity contribution is 6.13. The molecule has 1 atom stereocenters. The van der Waals surface area contributed by atoms with Crippen molar-refractivity contribution in [1.29, 1.82) is 0 Å². The number of para-hydroxylation sites is 3. The van der Waals surface area contributed by atoms with Crippen LogP contribution in [0.4, 0.5) is 5.69 Å². The van der Waals surface area contributed by atoms with Crippen LogP contribution in [0.2, 0.25) is 0 Å². The summed E-state index contributed by atoms with van der Waals surface area (Å²) < 4.78 is 7.17. The number of carbonyl (C=O) groups is 2. The van der Waals surface area contributed by atoms with Gasteiger partial charge in [-0.1, -0.05) is 55.5 Å². The molecule has 4 aromatic rings. The Morgan fingerprint density at radius 3 is 2.43 bits per heavy atom. The Morgan fingerprint density at radius 2 is 1.66 bits per heavy atom. The van der Waals surface area contributed by atoms with Gasteiger partial charge in [0, 0.05) is 11.9 Å². The topological polar surface area (TPSA) is 93.5 Å². The Balaban J connectivity index is 1.63. The Kier molecular flexibility index (Phi) is 6.01. The van der Waals surface area contributed by atoms with Crippen molar-refractivity contribution in [2.45, 2.75) is 19.4 Å². The summed E-state index contributed by atoms with van der Waals surface area (Å²) in [7, 11) is 0. The highest BCUT2D eigenvalue weighted by Crippen LogP contribution is 2.34. The fraction of sp³-hybridized carbons (Fsp3) is 0.185. The molecule has 35 heavy (non-hydrogen) atoms. The van der Waals surface area contributed by atoms with Crippen LogP contribution in [0.3, 0.4) is 0 Å². The van der Waals surface area contributed by atoms with E-state index in [1.165, 1.54) is 9.58 Å². The third kappa shape index (κ3) is 4.14. The maximum atomic E-state index is 14.0. The first-order chi connectivity index (χ1) is 17.1. The van der Waals surface area contributed by atoms with Crippen LogP contribution in [0.5, 0.6) is 5.75 Å². The minimum absolute atomic E-state index is 0.0197. The lowest BCUT2D eigenvalue weighted by Crippen LogP contribution is -2.51. The number of anilines is 1. The van der Waals surface area contributed by atoms with E-state index in [-0.39, 0.29) is 23.7 Å². The largest absolute Gasteiger partial charge is 0.477 e. The zero-order chi connectivity index (χ0) is 24.4. The summed E-state index contributed by atoms with van der Waals surface area (Å²) >= 11 is 0.